The zero-order valence-corrected chi connectivity index (χ0v) is 18.0. The molecule has 174 valence electrons. The van der Waals surface area contributed by atoms with Gasteiger partial charge in [-0.1, -0.05) is 30.3 Å². The monoisotopic (exact) mass is 444 g/mol. The van der Waals surface area contributed by atoms with Gasteiger partial charge in [0.05, 0.1) is 12.7 Å². The summed E-state index contributed by atoms with van der Waals surface area (Å²) in [5, 5.41) is 7.12. The summed E-state index contributed by atoms with van der Waals surface area (Å²) in [7, 11) is 0. The number of aliphatic carboxylic acids is 1. The number of piperidine rings is 1. The van der Waals surface area contributed by atoms with Crippen molar-refractivity contribution in [3.8, 4) is 0 Å². The molecule has 2 fully saturated rings. The van der Waals surface area contributed by atoms with Gasteiger partial charge in [0.1, 0.15) is 0 Å². The number of likely N-dealkylation sites (tertiary alicyclic amines) is 1. The lowest BCUT2D eigenvalue weighted by molar-refractivity contribution is -0.192. The summed E-state index contributed by atoms with van der Waals surface area (Å²) in [6.07, 6.45) is -2.39. The number of hydrogen-bond acceptors (Lipinski definition) is 4. The van der Waals surface area contributed by atoms with E-state index >= 15 is 0 Å². The van der Waals surface area contributed by atoms with Crippen LogP contribution < -0.4 is 0 Å². The molecule has 2 aliphatic rings. The van der Waals surface area contributed by atoms with Crippen molar-refractivity contribution in [2.45, 2.75) is 51.4 Å². The molecule has 31 heavy (non-hydrogen) atoms. The summed E-state index contributed by atoms with van der Waals surface area (Å²) in [6.45, 7) is 9.05. The van der Waals surface area contributed by atoms with Crippen molar-refractivity contribution in [1.82, 2.24) is 9.80 Å². The second kappa shape index (κ2) is 11.5. The third-order valence-corrected chi connectivity index (χ3v) is 5.67. The number of nitrogens with zero attached hydrogens (tertiary/aromatic N) is 2. The summed E-state index contributed by atoms with van der Waals surface area (Å²) >= 11 is 0. The van der Waals surface area contributed by atoms with E-state index in [1.54, 1.807) is 0 Å². The molecule has 0 aliphatic carbocycles. The van der Waals surface area contributed by atoms with Gasteiger partial charge in [-0.05, 0) is 32.3 Å². The van der Waals surface area contributed by atoms with Crippen LogP contribution in [-0.2, 0) is 20.7 Å². The number of ether oxygens (including phenoxy) is 1. The lowest BCUT2D eigenvalue weighted by atomic mass is 9.92. The summed E-state index contributed by atoms with van der Waals surface area (Å²) < 4.78 is 37.8. The number of rotatable bonds is 4. The quantitative estimate of drug-likeness (QED) is 0.772. The molecule has 0 radical (unpaired) electrons. The molecule has 1 amide bonds. The number of halogens is 3. The molecule has 2 heterocycles. The van der Waals surface area contributed by atoms with Crippen LogP contribution in [0.1, 0.15) is 32.3 Å². The van der Waals surface area contributed by atoms with Gasteiger partial charge in [-0.3, -0.25) is 9.69 Å². The van der Waals surface area contributed by atoms with E-state index < -0.39 is 12.1 Å². The van der Waals surface area contributed by atoms with Crippen molar-refractivity contribution in [1.29, 1.82) is 0 Å². The minimum absolute atomic E-state index is 0.211. The highest BCUT2D eigenvalue weighted by Gasteiger charge is 2.38. The highest BCUT2D eigenvalue weighted by molar-refractivity contribution is 5.76. The van der Waals surface area contributed by atoms with Gasteiger partial charge in [-0.2, -0.15) is 13.2 Å². The van der Waals surface area contributed by atoms with Gasteiger partial charge in [0.15, 0.2) is 0 Å². The molecule has 0 unspecified atom stereocenters. The fourth-order valence-corrected chi connectivity index (χ4v) is 3.83. The van der Waals surface area contributed by atoms with E-state index in [-0.39, 0.29) is 12.0 Å². The standard InChI is InChI=1S/C20H30N2O2.C2HF3O2/c1-16(2)21-12-13-24-19-15-22(11-10-18(19)14-21)20(23)9-8-17-6-4-3-5-7-17;3-2(4,5)1(6)7/h3-7,16,18-19H,8-15H2,1-2H3;(H,6,7)/t18-,19-;/m1./s1. The predicted octanol–water partition coefficient (Wildman–Crippen LogP) is 3.21. The Kier molecular flexibility index (Phi) is 9.31. The zero-order chi connectivity index (χ0) is 23.0. The third kappa shape index (κ3) is 8.14. The number of carboxylic acids is 1. The normalized spacial score (nSPS) is 22.2. The Balaban J connectivity index is 0.000000423. The van der Waals surface area contributed by atoms with Crippen LogP contribution in [0.25, 0.3) is 0 Å². The van der Waals surface area contributed by atoms with Crippen molar-refractivity contribution >= 4 is 11.9 Å². The van der Waals surface area contributed by atoms with Crippen LogP contribution in [0.2, 0.25) is 0 Å². The maximum Gasteiger partial charge on any atom is 0.490 e. The third-order valence-electron chi connectivity index (χ3n) is 5.67. The highest BCUT2D eigenvalue weighted by Crippen LogP contribution is 2.25. The number of carbonyl (C=O) groups excluding carboxylic acids is 1. The first-order valence-corrected chi connectivity index (χ1v) is 10.6. The second-order valence-corrected chi connectivity index (χ2v) is 8.17. The first-order chi connectivity index (χ1) is 14.6. The molecule has 2 saturated heterocycles. The molecule has 0 saturated carbocycles. The Hall–Kier alpha value is -2.13. The van der Waals surface area contributed by atoms with Crippen LogP contribution in [0.15, 0.2) is 30.3 Å². The van der Waals surface area contributed by atoms with Crippen LogP contribution in [0, 0.1) is 5.92 Å². The van der Waals surface area contributed by atoms with Gasteiger partial charge in [-0.15, -0.1) is 0 Å². The molecule has 1 aromatic carbocycles. The van der Waals surface area contributed by atoms with Crippen molar-refractivity contribution in [3.63, 3.8) is 0 Å². The van der Waals surface area contributed by atoms with Crippen molar-refractivity contribution in [3.05, 3.63) is 35.9 Å². The number of alkyl halides is 3. The van der Waals surface area contributed by atoms with Gasteiger partial charge in [0, 0.05) is 44.6 Å². The first kappa shape index (κ1) is 25.1. The molecule has 0 bridgehead atoms. The van der Waals surface area contributed by atoms with Crippen molar-refractivity contribution in [2.24, 2.45) is 5.92 Å². The van der Waals surface area contributed by atoms with Gasteiger partial charge in [0.25, 0.3) is 0 Å². The number of benzene rings is 1. The van der Waals surface area contributed by atoms with E-state index in [1.165, 1.54) is 5.56 Å². The number of fused-ring (bicyclic) bond motifs is 1. The van der Waals surface area contributed by atoms with Gasteiger partial charge >= 0.3 is 12.1 Å². The minimum atomic E-state index is -5.08. The molecule has 1 aromatic rings. The van der Waals surface area contributed by atoms with Crippen LogP contribution in [0.5, 0.6) is 0 Å². The maximum absolute atomic E-state index is 12.6. The van der Waals surface area contributed by atoms with E-state index in [2.05, 4.69) is 30.9 Å². The molecule has 0 spiro atoms. The van der Waals surface area contributed by atoms with Gasteiger partial charge in [0.2, 0.25) is 5.91 Å². The topological polar surface area (TPSA) is 70.1 Å². The smallest absolute Gasteiger partial charge is 0.475 e. The number of aryl methyl sites for hydroxylation is 1. The van der Waals surface area contributed by atoms with E-state index in [4.69, 9.17) is 14.6 Å². The van der Waals surface area contributed by atoms with E-state index in [9.17, 15) is 18.0 Å². The second-order valence-electron chi connectivity index (χ2n) is 8.17. The average molecular weight is 444 g/mol. The molecule has 3 rings (SSSR count). The summed E-state index contributed by atoms with van der Waals surface area (Å²) in [5.41, 5.74) is 1.24. The molecule has 2 aliphatic heterocycles. The van der Waals surface area contributed by atoms with Crippen LogP contribution >= 0.6 is 0 Å². The lowest BCUT2D eigenvalue weighted by Crippen LogP contribution is -2.49. The number of hydrogen-bond donors (Lipinski definition) is 1. The largest absolute Gasteiger partial charge is 0.490 e. The molecular weight excluding hydrogens is 413 g/mol. The molecule has 6 nitrogen and oxygen atoms in total. The van der Waals surface area contributed by atoms with Crippen LogP contribution in [0.3, 0.4) is 0 Å². The van der Waals surface area contributed by atoms with Crippen LogP contribution in [0.4, 0.5) is 13.2 Å². The van der Waals surface area contributed by atoms with Gasteiger partial charge in [-0.25, -0.2) is 4.79 Å². The molecule has 0 aromatic heterocycles. The summed E-state index contributed by atoms with van der Waals surface area (Å²) in [4.78, 5) is 26.0. The summed E-state index contributed by atoms with van der Waals surface area (Å²) in [5.74, 6) is -1.92. The Morgan fingerprint density at radius 3 is 2.39 bits per heavy atom. The van der Waals surface area contributed by atoms with Crippen molar-refractivity contribution < 1.29 is 32.6 Å². The Morgan fingerprint density at radius 1 is 1.16 bits per heavy atom. The lowest BCUT2D eigenvalue weighted by Gasteiger charge is -2.38. The first-order valence-electron chi connectivity index (χ1n) is 10.6. The fourth-order valence-electron chi connectivity index (χ4n) is 3.83. The van der Waals surface area contributed by atoms with Gasteiger partial charge < -0.3 is 14.7 Å². The minimum Gasteiger partial charge on any atom is -0.475 e. The average Bonchev–Trinajstić information content (AvgIpc) is 2.94. The molecule has 2 atom stereocenters. The number of carboxylic acid groups (broad SMARTS) is 1. The van der Waals surface area contributed by atoms with Crippen LogP contribution in [-0.4, -0.2) is 77.9 Å². The number of carbonyl (C=O) groups is 2. The Morgan fingerprint density at radius 2 is 1.81 bits per heavy atom. The fraction of sp³-hybridized carbons (Fsp3) is 0.636. The Labute approximate surface area is 181 Å². The molecular formula is C22H31F3N2O4. The van der Waals surface area contributed by atoms with E-state index in [1.807, 2.05) is 23.1 Å². The van der Waals surface area contributed by atoms with Crippen molar-refractivity contribution in [2.75, 3.05) is 32.8 Å². The van der Waals surface area contributed by atoms with E-state index in [0.29, 0.717) is 18.4 Å². The van der Waals surface area contributed by atoms with E-state index in [0.717, 1.165) is 45.6 Å². The highest BCUT2D eigenvalue weighted by atomic mass is 19.4. The molecule has 1 N–H and O–H groups in total. The number of amides is 1. The Bertz CT molecular complexity index is 712. The predicted molar refractivity (Wildman–Crippen MR) is 110 cm³/mol. The summed E-state index contributed by atoms with van der Waals surface area (Å²) in [6, 6.07) is 10.8. The molecule has 9 heteroatoms. The zero-order valence-electron chi connectivity index (χ0n) is 18.0. The SMILES string of the molecule is CC(C)N1CCO[C@@H]2CN(C(=O)CCc3ccccc3)CC[C@@H]2C1.O=C(O)C(F)(F)F. The maximum atomic E-state index is 12.6.